The Labute approximate surface area is 156 Å². The van der Waals surface area contributed by atoms with Gasteiger partial charge in [0.05, 0.1) is 13.2 Å². The second-order valence-electron chi connectivity index (χ2n) is 7.51. The van der Waals surface area contributed by atoms with Crippen LogP contribution in [0.5, 0.6) is 0 Å². The molecule has 1 aromatic rings. The van der Waals surface area contributed by atoms with E-state index in [1.165, 1.54) is 37.7 Å². The van der Waals surface area contributed by atoms with Gasteiger partial charge >= 0.3 is 0 Å². The van der Waals surface area contributed by atoms with E-state index >= 15 is 0 Å². The van der Waals surface area contributed by atoms with Crippen molar-refractivity contribution >= 4 is 24.0 Å². The molecule has 0 radical (unpaired) electrons. The third-order valence-electron chi connectivity index (χ3n) is 6.03. The molecule has 2 aliphatic carbocycles. The fourth-order valence-electron chi connectivity index (χ4n) is 4.45. The van der Waals surface area contributed by atoms with Gasteiger partial charge in [-0.05, 0) is 49.3 Å². The van der Waals surface area contributed by atoms with Gasteiger partial charge in [0.1, 0.15) is 0 Å². The molecular formula is C19H28Cl2N2O. The smallest absolute Gasteiger partial charge is 0.0623 e. The highest BCUT2D eigenvalue weighted by Gasteiger charge is 2.45. The van der Waals surface area contributed by atoms with Crippen LogP contribution in [0.25, 0.3) is 0 Å². The van der Waals surface area contributed by atoms with Crippen LogP contribution in [0, 0.1) is 5.92 Å². The summed E-state index contributed by atoms with van der Waals surface area (Å²) in [6, 6.07) is 9.61. The Balaban J connectivity index is 0.00000169. The summed E-state index contributed by atoms with van der Waals surface area (Å²) in [5, 5.41) is 8.43. The van der Waals surface area contributed by atoms with Crippen molar-refractivity contribution in [2.24, 2.45) is 5.92 Å². The normalized spacial score (nSPS) is 31.5. The van der Waals surface area contributed by atoms with Crippen LogP contribution in [0.4, 0.5) is 0 Å². The second kappa shape index (κ2) is 7.92. The Bertz CT molecular complexity index is 544. The van der Waals surface area contributed by atoms with Crippen LogP contribution in [0.3, 0.4) is 0 Å². The highest BCUT2D eigenvalue weighted by Crippen LogP contribution is 2.48. The van der Waals surface area contributed by atoms with Crippen molar-refractivity contribution < 1.29 is 4.74 Å². The molecule has 1 heterocycles. The topological polar surface area (TPSA) is 33.3 Å². The van der Waals surface area contributed by atoms with E-state index in [9.17, 15) is 0 Å². The van der Waals surface area contributed by atoms with Crippen LogP contribution >= 0.6 is 24.0 Å². The summed E-state index contributed by atoms with van der Waals surface area (Å²) in [4.78, 5) is 0. The predicted molar refractivity (Wildman–Crippen MR) is 101 cm³/mol. The maximum atomic E-state index is 6.19. The van der Waals surface area contributed by atoms with Crippen LogP contribution in [0.15, 0.2) is 24.3 Å². The minimum Gasteiger partial charge on any atom is -0.379 e. The number of hydrogen-bond donors (Lipinski definition) is 2. The summed E-state index contributed by atoms with van der Waals surface area (Å²) in [7, 11) is 0. The van der Waals surface area contributed by atoms with Crippen LogP contribution < -0.4 is 10.6 Å². The SMILES string of the molecule is Cl.Clc1cccc(C2(CNC3CCCC3C3COCCN3)CC2)c1. The molecular weight excluding hydrogens is 343 g/mol. The summed E-state index contributed by atoms with van der Waals surface area (Å²) < 4.78 is 5.68. The zero-order valence-electron chi connectivity index (χ0n) is 14.1. The standard InChI is InChI=1S/C19H27ClN2O.ClH/c20-15-4-1-3-14(11-15)19(7-8-19)13-22-17-6-2-5-16(17)18-12-23-10-9-21-18;/h1,3-4,11,16-18,21-22H,2,5-10,12-13H2;1H. The van der Waals surface area contributed by atoms with E-state index in [1.54, 1.807) is 0 Å². The number of morpholine rings is 1. The minimum atomic E-state index is 0. The minimum absolute atomic E-state index is 0. The van der Waals surface area contributed by atoms with Crippen molar-refractivity contribution in [2.45, 2.75) is 49.6 Å². The van der Waals surface area contributed by atoms with Gasteiger partial charge in [-0.1, -0.05) is 30.2 Å². The lowest BCUT2D eigenvalue weighted by Crippen LogP contribution is -2.51. The van der Waals surface area contributed by atoms with Crippen molar-refractivity contribution in [3.63, 3.8) is 0 Å². The first-order valence-corrected chi connectivity index (χ1v) is 9.45. The Kier molecular flexibility index (Phi) is 6.10. The fraction of sp³-hybridized carbons (Fsp3) is 0.684. The van der Waals surface area contributed by atoms with Gasteiger partial charge < -0.3 is 15.4 Å². The Hall–Kier alpha value is -0.320. The molecule has 0 amide bonds. The van der Waals surface area contributed by atoms with Crippen LogP contribution in [-0.4, -0.2) is 38.4 Å². The summed E-state index contributed by atoms with van der Waals surface area (Å²) >= 11 is 6.19. The molecule has 1 aliphatic heterocycles. The number of rotatable bonds is 5. The molecule has 0 spiro atoms. The molecule has 3 nitrogen and oxygen atoms in total. The Morgan fingerprint density at radius 1 is 1.29 bits per heavy atom. The van der Waals surface area contributed by atoms with Gasteiger partial charge in [0.2, 0.25) is 0 Å². The molecule has 1 saturated heterocycles. The maximum absolute atomic E-state index is 6.19. The van der Waals surface area contributed by atoms with Crippen molar-refractivity contribution in [2.75, 3.05) is 26.3 Å². The number of ether oxygens (including phenoxy) is 1. The molecule has 0 bridgehead atoms. The maximum Gasteiger partial charge on any atom is 0.0623 e. The molecule has 3 fully saturated rings. The average molecular weight is 371 g/mol. The van der Waals surface area contributed by atoms with E-state index in [0.29, 0.717) is 23.4 Å². The van der Waals surface area contributed by atoms with Gasteiger partial charge in [0.15, 0.2) is 0 Å². The average Bonchev–Trinajstić information content (AvgIpc) is 3.24. The number of halogens is 2. The Morgan fingerprint density at radius 3 is 2.88 bits per heavy atom. The van der Waals surface area contributed by atoms with Crippen molar-refractivity contribution in [1.29, 1.82) is 0 Å². The summed E-state index contributed by atoms with van der Waals surface area (Å²) in [5.74, 6) is 0.713. The molecule has 2 saturated carbocycles. The lowest BCUT2D eigenvalue weighted by atomic mass is 9.92. The molecule has 134 valence electrons. The third kappa shape index (κ3) is 3.91. The van der Waals surface area contributed by atoms with Gasteiger partial charge in [0.25, 0.3) is 0 Å². The predicted octanol–water partition coefficient (Wildman–Crippen LogP) is 3.54. The fourth-order valence-corrected chi connectivity index (χ4v) is 4.64. The molecule has 5 heteroatoms. The summed E-state index contributed by atoms with van der Waals surface area (Å²) in [6.07, 6.45) is 6.52. The van der Waals surface area contributed by atoms with Gasteiger partial charge in [-0.15, -0.1) is 12.4 Å². The van der Waals surface area contributed by atoms with Crippen molar-refractivity contribution in [3.8, 4) is 0 Å². The van der Waals surface area contributed by atoms with E-state index in [2.05, 4.69) is 28.8 Å². The van der Waals surface area contributed by atoms with Gasteiger partial charge in [-0.2, -0.15) is 0 Å². The summed E-state index contributed by atoms with van der Waals surface area (Å²) in [6.45, 7) is 3.82. The third-order valence-corrected chi connectivity index (χ3v) is 6.26. The number of hydrogen-bond acceptors (Lipinski definition) is 3. The zero-order chi connectivity index (χ0) is 15.7. The van der Waals surface area contributed by atoms with Crippen molar-refractivity contribution in [1.82, 2.24) is 10.6 Å². The molecule has 0 aromatic heterocycles. The molecule has 3 unspecified atom stereocenters. The lowest BCUT2D eigenvalue weighted by molar-refractivity contribution is 0.0524. The quantitative estimate of drug-likeness (QED) is 0.831. The first kappa shape index (κ1) is 18.5. The molecule has 24 heavy (non-hydrogen) atoms. The first-order valence-electron chi connectivity index (χ1n) is 9.07. The van der Waals surface area contributed by atoms with E-state index < -0.39 is 0 Å². The highest BCUT2D eigenvalue weighted by molar-refractivity contribution is 6.30. The van der Waals surface area contributed by atoms with Crippen molar-refractivity contribution in [3.05, 3.63) is 34.9 Å². The Morgan fingerprint density at radius 2 is 2.17 bits per heavy atom. The van der Waals surface area contributed by atoms with E-state index in [1.807, 2.05) is 6.07 Å². The molecule has 3 atom stereocenters. The number of benzene rings is 1. The second-order valence-corrected chi connectivity index (χ2v) is 7.94. The van der Waals surface area contributed by atoms with E-state index in [4.69, 9.17) is 16.3 Å². The van der Waals surface area contributed by atoms with Crippen LogP contribution in [-0.2, 0) is 10.2 Å². The molecule has 1 aromatic carbocycles. The van der Waals surface area contributed by atoms with Crippen LogP contribution in [0.2, 0.25) is 5.02 Å². The number of nitrogens with one attached hydrogen (secondary N) is 2. The van der Waals surface area contributed by atoms with Crippen LogP contribution in [0.1, 0.15) is 37.7 Å². The first-order chi connectivity index (χ1) is 11.3. The van der Waals surface area contributed by atoms with Gasteiger partial charge in [-0.3, -0.25) is 0 Å². The molecule has 4 rings (SSSR count). The lowest BCUT2D eigenvalue weighted by Gasteiger charge is -2.33. The van der Waals surface area contributed by atoms with Gasteiger partial charge in [-0.25, -0.2) is 0 Å². The largest absolute Gasteiger partial charge is 0.379 e. The zero-order valence-corrected chi connectivity index (χ0v) is 15.7. The molecule has 2 N–H and O–H groups in total. The van der Waals surface area contributed by atoms with Gasteiger partial charge in [0, 0.05) is 35.6 Å². The summed E-state index contributed by atoms with van der Waals surface area (Å²) in [5.41, 5.74) is 1.74. The van der Waals surface area contributed by atoms with E-state index in [-0.39, 0.29) is 12.4 Å². The monoisotopic (exact) mass is 370 g/mol. The highest BCUT2D eigenvalue weighted by atomic mass is 35.5. The van der Waals surface area contributed by atoms with E-state index in [0.717, 1.165) is 31.3 Å². The molecule has 3 aliphatic rings.